The van der Waals surface area contributed by atoms with E-state index < -0.39 is 0 Å². The number of amides is 1. The Balaban J connectivity index is 2.18. The van der Waals surface area contributed by atoms with Gasteiger partial charge in [0.05, 0.1) is 12.1 Å². The van der Waals surface area contributed by atoms with E-state index in [-0.39, 0.29) is 22.9 Å². The van der Waals surface area contributed by atoms with E-state index in [1.165, 1.54) is 24.5 Å². The molecular weight excluding hydrogens is 276 g/mol. The number of ether oxygens (including phenoxy) is 1. The molecule has 0 aliphatic heterocycles. The van der Waals surface area contributed by atoms with E-state index in [1.54, 1.807) is 5.38 Å². The second-order valence-corrected chi connectivity index (χ2v) is 4.71. The Kier molecular flexibility index (Phi) is 3.73. The highest BCUT2D eigenvalue weighted by molar-refractivity contribution is 7.09. The van der Waals surface area contributed by atoms with Crippen molar-refractivity contribution in [3.63, 3.8) is 0 Å². The lowest BCUT2D eigenvalue weighted by molar-refractivity contribution is 0.102. The molecule has 0 unspecified atom stereocenters. The van der Waals surface area contributed by atoms with Crippen molar-refractivity contribution in [2.45, 2.75) is 6.92 Å². The molecule has 1 N–H and O–H groups in total. The molecular formula is C10H9ClN4O2S. The van der Waals surface area contributed by atoms with Gasteiger partial charge in [-0.25, -0.2) is 9.97 Å². The summed E-state index contributed by atoms with van der Waals surface area (Å²) in [6.07, 6.45) is 0. The van der Waals surface area contributed by atoms with Gasteiger partial charge in [0, 0.05) is 11.4 Å². The number of nitrogens with zero attached hydrogens (tertiary/aromatic N) is 3. The van der Waals surface area contributed by atoms with Gasteiger partial charge >= 0.3 is 0 Å². The number of aromatic nitrogens is 3. The van der Waals surface area contributed by atoms with Crippen LogP contribution in [0, 0.1) is 6.92 Å². The Bertz CT molecular complexity index is 587. The number of aryl methyl sites for hydroxylation is 1. The maximum Gasteiger partial charge on any atom is 0.277 e. The van der Waals surface area contributed by atoms with Crippen molar-refractivity contribution in [3.8, 4) is 5.88 Å². The second kappa shape index (κ2) is 5.28. The zero-order chi connectivity index (χ0) is 13.1. The molecule has 0 aliphatic rings. The van der Waals surface area contributed by atoms with Crippen LogP contribution in [0.15, 0.2) is 11.4 Å². The van der Waals surface area contributed by atoms with Gasteiger partial charge in [-0.05, 0) is 6.92 Å². The van der Waals surface area contributed by atoms with E-state index in [4.69, 9.17) is 16.3 Å². The number of hydrogen-bond donors (Lipinski definition) is 1. The summed E-state index contributed by atoms with van der Waals surface area (Å²) >= 11 is 7.16. The predicted octanol–water partition coefficient (Wildman–Crippen LogP) is 2.16. The van der Waals surface area contributed by atoms with Gasteiger partial charge in [0.15, 0.2) is 0 Å². The number of anilines is 1. The Morgan fingerprint density at radius 3 is 2.83 bits per heavy atom. The topological polar surface area (TPSA) is 77.0 Å². The third-order valence-electron chi connectivity index (χ3n) is 1.96. The zero-order valence-corrected chi connectivity index (χ0v) is 11.2. The summed E-state index contributed by atoms with van der Waals surface area (Å²) in [6, 6.07) is 1.45. The third-order valence-corrected chi connectivity index (χ3v) is 2.92. The number of carbonyl (C=O) groups is 1. The van der Waals surface area contributed by atoms with E-state index in [2.05, 4.69) is 20.3 Å². The lowest BCUT2D eigenvalue weighted by Gasteiger charge is -2.04. The first-order valence-corrected chi connectivity index (χ1v) is 6.16. The van der Waals surface area contributed by atoms with Crippen LogP contribution in [0.2, 0.25) is 5.15 Å². The molecule has 1 amide bonds. The number of carbonyl (C=O) groups excluding carboxylic acids is 1. The molecule has 0 saturated heterocycles. The zero-order valence-electron chi connectivity index (χ0n) is 9.60. The predicted molar refractivity (Wildman–Crippen MR) is 68.4 cm³/mol. The van der Waals surface area contributed by atoms with Crippen molar-refractivity contribution in [1.82, 2.24) is 15.0 Å². The molecule has 94 valence electrons. The Labute approximate surface area is 112 Å². The summed E-state index contributed by atoms with van der Waals surface area (Å²) < 4.78 is 4.93. The fraction of sp³-hybridized carbons (Fsp3) is 0.200. The smallest absolute Gasteiger partial charge is 0.277 e. The van der Waals surface area contributed by atoms with Crippen LogP contribution in [-0.4, -0.2) is 28.0 Å². The Morgan fingerprint density at radius 2 is 2.22 bits per heavy atom. The molecule has 2 aromatic heterocycles. The minimum Gasteiger partial charge on any atom is -0.481 e. The van der Waals surface area contributed by atoms with Crippen LogP contribution < -0.4 is 10.1 Å². The van der Waals surface area contributed by atoms with Crippen molar-refractivity contribution in [2.24, 2.45) is 0 Å². The number of rotatable bonds is 3. The fourth-order valence-corrected chi connectivity index (χ4v) is 1.96. The third kappa shape index (κ3) is 2.93. The maximum atomic E-state index is 11.8. The largest absolute Gasteiger partial charge is 0.481 e. The van der Waals surface area contributed by atoms with Crippen LogP contribution in [0.3, 0.4) is 0 Å². The normalized spacial score (nSPS) is 10.2. The average Bonchev–Trinajstić information content (AvgIpc) is 2.75. The minimum absolute atomic E-state index is 0.0787. The highest BCUT2D eigenvalue weighted by atomic mass is 35.5. The van der Waals surface area contributed by atoms with Crippen LogP contribution >= 0.6 is 22.9 Å². The van der Waals surface area contributed by atoms with Crippen LogP contribution in [0.25, 0.3) is 0 Å². The highest BCUT2D eigenvalue weighted by Gasteiger charge is 2.12. The first kappa shape index (κ1) is 12.7. The van der Waals surface area contributed by atoms with Crippen molar-refractivity contribution in [1.29, 1.82) is 0 Å². The van der Waals surface area contributed by atoms with Crippen molar-refractivity contribution in [2.75, 3.05) is 12.4 Å². The SMILES string of the molecule is COc1cc(Cl)nc(NC(=O)c2csc(C)n2)n1. The fourth-order valence-electron chi connectivity index (χ4n) is 1.19. The molecule has 0 aromatic carbocycles. The van der Waals surface area contributed by atoms with Crippen molar-refractivity contribution >= 4 is 34.8 Å². The summed E-state index contributed by atoms with van der Waals surface area (Å²) in [5, 5.41) is 5.16. The lowest BCUT2D eigenvalue weighted by atomic mass is 10.4. The van der Waals surface area contributed by atoms with Gasteiger partial charge < -0.3 is 4.74 Å². The molecule has 0 radical (unpaired) electrons. The molecule has 0 saturated carbocycles. The van der Waals surface area contributed by atoms with Gasteiger partial charge in [-0.15, -0.1) is 11.3 Å². The summed E-state index contributed by atoms with van der Waals surface area (Å²) in [7, 11) is 1.45. The molecule has 0 atom stereocenters. The first-order valence-electron chi connectivity index (χ1n) is 4.90. The first-order chi connectivity index (χ1) is 8.58. The maximum absolute atomic E-state index is 11.8. The van der Waals surface area contributed by atoms with E-state index in [0.717, 1.165) is 5.01 Å². The van der Waals surface area contributed by atoms with Crippen LogP contribution in [0.4, 0.5) is 5.95 Å². The molecule has 0 spiro atoms. The quantitative estimate of drug-likeness (QED) is 0.874. The number of thiazole rings is 1. The van der Waals surface area contributed by atoms with Gasteiger partial charge in [0.2, 0.25) is 11.8 Å². The van der Waals surface area contributed by atoms with Crippen molar-refractivity contribution < 1.29 is 9.53 Å². The number of hydrogen-bond acceptors (Lipinski definition) is 6. The van der Waals surface area contributed by atoms with Crippen LogP contribution in [0.5, 0.6) is 5.88 Å². The molecule has 18 heavy (non-hydrogen) atoms. The molecule has 2 rings (SSSR count). The standard InChI is InChI=1S/C10H9ClN4O2S/c1-5-12-6(4-18-5)9(16)15-10-13-7(11)3-8(14-10)17-2/h3-4H,1-2H3,(H,13,14,15,16). The van der Waals surface area contributed by atoms with E-state index in [1.807, 2.05) is 6.92 Å². The average molecular weight is 285 g/mol. The molecule has 2 heterocycles. The van der Waals surface area contributed by atoms with Gasteiger partial charge in [-0.3, -0.25) is 10.1 Å². The van der Waals surface area contributed by atoms with Crippen molar-refractivity contribution in [3.05, 3.63) is 27.3 Å². The second-order valence-electron chi connectivity index (χ2n) is 3.26. The summed E-state index contributed by atoms with van der Waals surface area (Å²) in [6.45, 7) is 1.82. The Morgan fingerprint density at radius 1 is 1.44 bits per heavy atom. The van der Waals surface area contributed by atoms with E-state index in [0.29, 0.717) is 5.69 Å². The summed E-state index contributed by atoms with van der Waals surface area (Å²) in [5.74, 6) is -0.0292. The highest BCUT2D eigenvalue weighted by Crippen LogP contribution is 2.16. The van der Waals surface area contributed by atoms with Gasteiger partial charge in [-0.1, -0.05) is 11.6 Å². The van der Waals surface area contributed by atoms with E-state index in [9.17, 15) is 4.79 Å². The van der Waals surface area contributed by atoms with Gasteiger partial charge in [-0.2, -0.15) is 4.98 Å². The molecule has 6 nitrogen and oxygen atoms in total. The van der Waals surface area contributed by atoms with Crippen LogP contribution in [0.1, 0.15) is 15.5 Å². The molecule has 0 bridgehead atoms. The summed E-state index contributed by atoms with van der Waals surface area (Å²) in [5.41, 5.74) is 0.319. The molecule has 8 heteroatoms. The van der Waals surface area contributed by atoms with Gasteiger partial charge in [0.1, 0.15) is 10.8 Å². The number of halogens is 1. The number of methoxy groups -OCH3 is 1. The Hall–Kier alpha value is -1.73. The summed E-state index contributed by atoms with van der Waals surface area (Å²) in [4.78, 5) is 23.7. The molecule has 2 aromatic rings. The van der Waals surface area contributed by atoms with Gasteiger partial charge in [0.25, 0.3) is 5.91 Å². The van der Waals surface area contributed by atoms with Crippen LogP contribution in [-0.2, 0) is 0 Å². The van der Waals surface area contributed by atoms with E-state index >= 15 is 0 Å². The minimum atomic E-state index is -0.385. The number of nitrogens with one attached hydrogen (secondary N) is 1. The molecule has 0 aliphatic carbocycles. The molecule has 0 fully saturated rings. The monoisotopic (exact) mass is 284 g/mol. The lowest BCUT2D eigenvalue weighted by Crippen LogP contribution is -2.15.